The molecule has 1 aromatic heterocycles. The van der Waals surface area contributed by atoms with E-state index in [0.717, 1.165) is 0 Å². The van der Waals surface area contributed by atoms with Gasteiger partial charge in [0.15, 0.2) is 0 Å². The normalized spacial score (nSPS) is 21.9. The van der Waals surface area contributed by atoms with Crippen LogP contribution >= 0.6 is 35.4 Å². The smallest absolute Gasteiger partial charge is 0.215 e. The van der Waals surface area contributed by atoms with E-state index in [1.165, 1.54) is 11.0 Å². The summed E-state index contributed by atoms with van der Waals surface area (Å²) < 4.78 is 33.2. The topological polar surface area (TPSA) is 53.8 Å². The van der Waals surface area contributed by atoms with Crippen LogP contribution in [0.1, 0.15) is 23.9 Å². The molecule has 1 aromatic carbocycles. The molecule has 4 nitrogen and oxygen atoms in total. The summed E-state index contributed by atoms with van der Waals surface area (Å²) in [7, 11) is 0. The van der Waals surface area contributed by atoms with Crippen LogP contribution in [-0.2, 0) is 13.0 Å². The van der Waals surface area contributed by atoms with Crippen molar-refractivity contribution < 1.29 is 10.6 Å². The van der Waals surface area contributed by atoms with E-state index in [-0.39, 0.29) is 40.4 Å². The monoisotopic (exact) mass is 347 g/mol. The van der Waals surface area contributed by atoms with E-state index in [2.05, 4.69) is 10.1 Å². The number of nitrogens with zero attached hydrogens (tertiary/aromatic N) is 2. The summed E-state index contributed by atoms with van der Waals surface area (Å²) in [5, 5.41) is 14.0. The molecular weight excluding hydrogens is 329 g/mol. The molecule has 0 saturated heterocycles. The van der Waals surface area contributed by atoms with E-state index in [1.807, 2.05) is 0 Å². The predicted octanol–water partition coefficient (Wildman–Crippen LogP) is 3.34. The third kappa shape index (κ3) is 2.88. The van der Waals surface area contributed by atoms with Gasteiger partial charge in [-0.25, -0.2) is 4.98 Å². The number of nitrogens with one attached hydrogen (secondary N) is 1. The minimum Gasteiger partial charge on any atom is -0.386 e. The van der Waals surface area contributed by atoms with E-state index in [1.54, 1.807) is 0 Å². The van der Waals surface area contributed by atoms with Gasteiger partial charge in [0.1, 0.15) is 11.9 Å². The van der Waals surface area contributed by atoms with Gasteiger partial charge in [-0.15, -0.1) is 11.6 Å². The molecule has 1 aliphatic carbocycles. The molecule has 21 heavy (non-hydrogen) atoms. The molecule has 1 saturated carbocycles. The van der Waals surface area contributed by atoms with Crippen LogP contribution < -0.4 is 0 Å². The van der Waals surface area contributed by atoms with Crippen LogP contribution in [0.2, 0.25) is 5.02 Å². The number of hydrogen-bond donors (Lipinski definition) is 2. The number of halogens is 2. The Hall–Kier alpha value is -0.880. The standard InChI is InChI=1S/C14H15Cl2N3OS/c15-11-4-2-1-3-10(11)7-14(20,13(16)5-6-13)8-19-12(21)17-9-18-19/h1-4,9,20H,5-8H2,(H,17,18,21)/i1D,2D,3D,4D. The highest BCUT2D eigenvalue weighted by Crippen LogP contribution is 2.53. The van der Waals surface area contributed by atoms with Crippen molar-refractivity contribution in [1.29, 1.82) is 0 Å². The van der Waals surface area contributed by atoms with E-state index in [4.69, 9.17) is 40.9 Å². The zero-order valence-electron chi connectivity index (χ0n) is 14.9. The maximum absolute atomic E-state index is 11.3. The molecule has 0 bridgehead atoms. The zero-order chi connectivity index (χ0) is 18.6. The van der Waals surface area contributed by atoms with Gasteiger partial charge in [-0.3, -0.25) is 9.78 Å². The number of rotatable bonds is 5. The van der Waals surface area contributed by atoms with Gasteiger partial charge in [0.05, 0.1) is 16.9 Å². The largest absolute Gasteiger partial charge is 0.386 e. The fourth-order valence-electron chi connectivity index (χ4n) is 2.32. The zero-order valence-corrected chi connectivity index (χ0v) is 13.2. The second kappa shape index (κ2) is 5.39. The summed E-state index contributed by atoms with van der Waals surface area (Å²) in [6.45, 7) is 0.00833. The molecule has 0 spiro atoms. The minimum absolute atomic E-state index is 0.00833. The molecule has 1 heterocycles. The molecule has 0 radical (unpaired) electrons. The second-order valence-electron chi connectivity index (χ2n) is 5.22. The van der Waals surface area contributed by atoms with E-state index >= 15 is 0 Å². The number of aliphatic hydroxyl groups is 1. The van der Waals surface area contributed by atoms with Crippen LogP contribution in [0.15, 0.2) is 30.5 Å². The first kappa shape index (κ1) is 10.8. The van der Waals surface area contributed by atoms with Gasteiger partial charge >= 0.3 is 0 Å². The Morgan fingerprint density at radius 1 is 1.52 bits per heavy atom. The Morgan fingerprint density at radius 3 is 2.86 bits per heavy atom. The maximum atomic E-state index is 11.3. The van der Waals surface area contributed by atoms with Crippen LogP contribution in [0.3, 0.4) is 0 Å². The van der Waals surface area contributed by atoms with Crippen molar-refractivity contribution in [3.05, 3.63) is 45.9 Å². The molecule has 1 fully saturated rings. The summed E-state index contributed by atoms with van der Waals surface area (Å²) in [6, 6.07) is -1.43. The van der Waals surface area contributed by atoms with Crippen LogP contribution in [0.4, 0.5) is 0 Å². The molecule has 2 N–H and O–H groups in total. The lowest BCUT2D eigenvalue weighted by molar-refractivity contribution is 0.00728. The van der Waals surface area contributed by atoms with Gasteiger partial charge in [-0.1, -0.05) is 29.7 Å². The van der Waals surface area contributed by atoms with Gasteiger partial charge < -0.3 is 5.11 Å². The first-order valence-electron chi connectivity index (χ1n) is 8.36. The van der Waals surface area contributed by atoms with Gasteiger partial charge in [-0.2, -0.15) is 0 Å². The van der Waals surface area contributed by atoms with Crippen molar-refractivity contribution in [3.63, 3.8) is 0 Å². The highest BCUT2D eigenvalue weighted by Gasteiger charge is 2.58. The van der Waals surface area contributed by atoms with Crippen molar-refractivity contribution in [3.8, 4) is 0 Å². The third-order valence-corrected chi connectivity index (χ3v) is 5.12. The lowest BCUT2D eigenvalue weighted by Crippen LogP contribution is -2.47. The number of hydrogen-bond acceptors (Lipinski definition) is 3. The number of aromatic amines is 1. The summed E-state index contributed by atoms with van der Waals surface area (Å²) in [6.07, 6.45) is 2.43. The Kier molecular flexibility index (Phi) is 2.77. The molecule has 7 heteroatoms. The Labute approximate surface area is 143 Å². The fraction of sp³-hybridized carbons (Fsp3) is 0.429. The lowest BCUT2D eigenvalue weighted by atomic mass is 9.89. The van der Waals surface area contributed by atoms with Crippen molar-refractivity contribution in [2.45, 2.75) is 36.3 Å². The lowest BCUT2D eigenvalue weighted by Gasteiger charge is -2.33. The Balaban J connectivity index is 2.06. The van der Waals surface area contributed by atoms with Crippen LogP contribution in [0.5, 0.6) is 0 Å². The minimum atomic E-state index is -1.51. The highest BCUT2D eigenvalue weighted by atomic mass is 35.5. The average molecular weight is 348 g/mol. The van der Waals surface area contributed by atoms with Crippen LogP contribution in [0, 0.1) is 4.77 Å². The van der Waals surface area contributed by atoms with E-state index in [9.17, 15) is 5.11 Å². The quantitative estimate of drug-likeness (QED) is 0.644. The fourth-order valence-corrected chi connectivity index (χ4v) is 2.87. The van der Waals surface area contributed by atoms with Gasteiger partial charge in [0.25, 0.3) is 0 Å². The number of benzene rings is 1. The molecule has 1 aliphatic rings. The third-order valence-electron chi connectivity index (χ3n) is 3.74. The van der Waals surface area contributed by atoms with Crippen LogP contribution in [0.25, 0.3) is 0 Å². The van der Waals surface area contributed by atoms with Crippen LogP contribution in [-0.4, -0.2) is 30.3 Å². The molecule has 0 aliphatic heterocycles. The van der Waals surface area contributed by atoms with Crippen molar-refractivity contribution in [2.24, 2.45) is 0 Å². The van der Waals surface area contributed by atoms with Crippen molar-refractivity contribution in [2.75, 3.05) is 0 Å². The van der Waals surface area contributed by atoms with Crippen molar-refractivity contribution in [1.82, 2.24) is 14.8 Å². The Bertz CT molecular complexity index is 870. The first-order valence-corrected chi connectivity index (χ1v) is 7.52. The summed E-state index contributed by atoms with van der Waals surface area (Å²) >= 11 is 17.8. The molecule has 1 atom stereocenters. The molecule has 1 unspecified atom stereocenters. The number of aromatic nitrogens is 3. The number of H-pyrrole nitrogens is 1. The second-order valence-corrected chi connectivity index (χ2v) is 6.69. The molecular formula is C14H15Cl2N3OS. The highest BCUT2D eigenvalue weighted by molar-refractivity contribution is 7.71. The summed E-state index contributed by atoms with van der Waals surface area (Å²) in [4.78, 5) is 3.00. The van der Waals surface area contributed by atoms with E-state index in [0.29, 0.717) is 12.8 Å². The first-order chi connectivity index (χ1) is 11.6. The summed E-state index contributed by atoms with van der Waals surface area (Å²) in [5.74, 6) is 0. The van der Waals surface area contributed by atoms with Crippen molar-refractivity contribution >= 4 is 35.4 Å². The van der Waals surface area contributed by atoms with Gasteiger partial charge in [-0.05, 0) is 36.7 Å². The van der Waals surface area contributed by atoms with E-state index < -0.39 is 22.6 Å². The molecule has 2 aromatic rings. The number of alkyl halides is 1. The van der Waals surface area contributed by atoms with Gasteiger partial charge in [0.2, 0.25) is 4.77 Å². The SMILES string of the molecule is [2H]c1c([2H])c([2H])c(CC(O)(Cn2[nH]cnc2=S)C2(Cl)CC2)c(Cl)c1[2H]. The molecule has 3 rings (SSSR count). The Morgan fingerprint density at radius 2 is 2.24 bits per heavy atom. The predicted molar refractivity (Wildman–Crippen MR) is 85.3 cm³/mol. The molecule has 0 amide bonds. The molecule has 112 valence electrons. The average Bonchev–Trinajstić information content (AvgIpc) is 3.22. The summed E-state index contributed by atoms with van der Waals surface area (Å²) in [5.41, 5.74) is -1.38. The maximum Gasteiger partial charge on any atom is 0.215 e. The van der Waals surface area contributed by atoms with Gasteiger partial charge in [0, 0.05) is 11.4 Å².